The third kappa shape index (κ3) is 4.59. The Morgan fingerprint density at radius 1 is 1.23 bits per heavy atom. The lowest BCUT2D eigenvalue weighted by atomic mass is 10.1. The van der Waals surface area contributed by atoms with Crippen LogP contribution in [0.15, 0.2) is 60.2 Å². The van der Waals surface area contributed by atoms with Crippen LogP contribution in [0.1, 0.15) is 33.5 Å². The Bertz CT molecular complexity index is 864. The van der Waals surface area contributed by atoms with Gasteiger partial charge in [-0.2, -0.15) is 5.26 Å². The molecule has 0 bridgehead atoms. The van der Waals surface area contributed by atoms with E-state index in [0.29, 0.717) is 12.1 Å². The number of carbonyl (C=O) groups is 1. The van der Waals surface area contributed by atoms with Crippen molar-refractivity contribution in [3.05, 3.63) is 82.4 Å². The standard InChI is InChI=1S/C22H23N3O/c1-17-6-2-3-10-21(17)22(26)24-14-20-9-5-11-25(16-20)15-19-8-4-7-18(12-19)13-23/h2-4,6-10,12H,5,11,14-16H2,1H3,(H,24,26). The van der Waals surface area contributed by atoms with Crippen LogP contribution in [0.2, 0.25) is 0 Å². The summed E-state index contributed by atoms with van der Waals surface area (Å²) in [4.78, 5) is 14.7. The Labute approximate surface area is 154 Å². The summed E-state index contributed by atoms with van der Waals surface area (Å²) in [5, 5.41) is 12.1. The zero-order valence-corrected chi connectivity index (χ0v) is 15.0. The van der Waals surface area contributed by atoms with Gasteiger partial charge in [-0.15, -0.1) is 0 Å². The topological polar surface area (TPSA) is 56.1 Å². The minimum absolute atomic E-state index is 0.0251. The Morgan fingerprint density at radius 3 is 2.88 bits per heavy atom. The molecule has 0 aromatic heterocycles. The van der Waals surface area contributed by atoms with E-state index in [0.717, 1.165) is 42.7 Å². The average Bonchev–Trinajstić information content (AvgIpc) is 2.67. The van der Waals surface area contributed by atoms with Crippen molar-refractivity contribution in [2.45, 2.75) is 19.9 Å². The summed E-state index contributed by atoms with van der Waals surface area (Å²) in [5.74, 6) is -0.0251. The molecule has 1 N–H and O–H groups in total. The molecule has 0 aliphatic carbocycles. The van der Waals surface area contributed by atoms with Crippen LogP contribution >= 0.6 is 0 Å². The molecule has 4 nitrogen and oxygen atoms in total. The molecule has 1 aliphatic rings. The maximum absolute atomic E-state index is 12.4. The predicted octanol–water partition coefficient (Wildman–Crippen LogP) is 3.43. The van der Waals surface area contributed by atoms with Crippen molar-refractivity contribution in [1.29, 1.82) is 5.26 Å². The molecule has 26 heavy (non-hydrogen) atoms. The molecule has 1 aliphatic heterocycles. The van der Waals surface area contributed by atoms with E-state index in [9.17, 15) is 4.79 Å². The second-order valence-electron chi connectivity index (χ2n) is 6.67. The van der Waals surface area contributed by atoms with Crippen LogP contribution in [0.4, 0.5) is 0 Å². The van der Waals surface area contributed by atoms with Gasteiger partial charge in [-0.3, -0.25) is 9.69 Å². The molecular formula is C22H23N3O. The summed E-state index contributed by atoms with van der Waals surface area (Å²) >= 11 is 0. The molecule has 2 aromatic rings. The van der Waals surface area contributed by atoms with Crippen molar-refractivity contribution in [1.82, 2.24) is 10.2 Å². The molecule has 0 saturated heterocycles. The van der Waals surface area contributed by atoms with Crippen LogP contribution < -0.4 is 5.32 Å². The van der Waals surface area contributed by atoms with Gasteiger partial charge in [0.05, 0.1) is 11.6 Å². The Balaban J connectivity index is 1.55. The molecule has 0 spiro atoms. The number of aryl methyl sites for hydroxylation is 1. The molecule has 0 atom stereocenters. The fraction of sp³-hybridized carbons (Fsp3) is 0.273. The molecule has 2 aromatic carbocycles. The Kier molecular flexibility index (Phi) is 5.83. The van der Waals surface area contributed by atoms with E-state index in [1.807, 2.05) is 49.4 Å². The third-order valence-electron chi connectivity index (χ3n) is 4.63. The van der Waals surface area contributed by atoms with Crippen LogP contribution in [0, 0.1) is 18.3 Å². The van der Waals surface area contributed by atoms with E-state index in [-0.39, 0.29) is 5.91 Å². The van der Waals surface area contributed by atoms with Crippen LogP contribution in [-0.4, -0.2) is 30.4 Å². The van der Waals surface area contributed by atoms with Crippen LogP contribution in [0.5, 0.6) is 0 Å². The summed E-state index contributed by atoms with van der Waals surface area (Å²) in [6.07, 6.45) is 3.20. The van der Waals surface area contributed by atoms with E-state index in [4.69, 9.17) is 5.26 Å². The van der Waals surface area contributed by atoms with Gasteiger partial charge in [-0.05, 0) is 48.2 Å². The number of hydrogen-bond donors (Lipinski definition) is 1. The lowest BCUT2D eigenvalue weighted by molar-refractivity contribution is 0.0955. The third-order valence-corrected chi connectivity index (χ3v) is 4.63. The zero-order valence-electron chi connectivity index (χ0n) is 15.0. The Hall–Kier alpha value is -2.90. The molecule has 0 saturated carbocycles. The van der Waals surface area contributed by atoms with Crippen LogP contribution in [0.3, 0.4) is 0 Å². The molecule has 0 fully saturated rings. The molecule has 1 amide bonds. The van der Waals surface area contributed by atoms with Gasteiger partial charge in [0.1, 0.15) is 0 Å². The monoisotopic (exact) mass is 345 g/mol. The van der Waals surface area contributed by atoms with Gasteiger partial charge in [0, 0.05) is 31.7 Å². The first-order chi connectivity index (χ1) is 12.7. The van der Waals surface area contributed by atoms with Crippen molar-refractivity contribution in [3.63, 3.8) is 0 Å². The van der Waals surface area contributed by atoms with E-state index >= 15 is 0 Å². The fourth-order valence-electron chi connectivity index (χ4n) is 3.26. The maximum atomic E-state index is 12.4. The number of rotatable bonds is 5. The van der Waals surface area contributed by atoms with Crippen molar-refractivity contribution < 1.29 is 4.79 Å². The fourth-order valence-corrected chi connectivity index (χ4v) is 3.26. The van der Waals surface area contributed by atoms with E-state index in [2.05, 4.69) is 28.4 Å². The largest absolute Gasteiger partial charge is 0.348 e. The second kappa shape index (κ2) is 8.46. The number of nitrogens with one attached hydrogen (secondary N) is 1. The smallest absolute Gasteiger partial charge is 0.251 e. The van der Waals surface area contributed by atoms with Gasteiger partial charge in [0.15, 0.2) is 0 Å². The molecule has 0 unspecified atom stereocenters. The summed E-state index contributed by atoms with van der Waals surface area (Å²) in [6, 6.07) is 17.6. The molecular weight excluding hydrogens is 322 g/mol. The van der Waals surface area contributed by atoms with E-state index in [1.165, 1.54) is 5.57 Å². The van der Waals surface area contributed by atoms with Gasteiger partial charge < -0.3 is 5.32 Å². The average molecular weight is 345 g/mol. The molecule has 3 rings (SSSR count). The van der Waals surface area contributed by atoms with Gasteiger partial charge in [0.25, 0.3) is 5.91 Å². The highest BCUT2D eigenvalue weighted by Gasteiger charge is 2.15. The predicted molar refractivity (Wildman–Crippen MR) is 103 cm³/mol. The normalized spacial score (nSPS) is 14.4. The number of nitrogens with zero attached hydrogens (tertiary/aromatic N) is 2. The first kappa shape index (κ1) is 17.9. The van der Waals surface area contributed by atoms with Gasteiger partial charge in [0.2, 0.25) is 0 Å². The number of amides is 1. The van der Waals surface area contributed by atoms with E-state index in [1.54, 1.807) is 0 Å². The number of nitriles is 1. The van der Waals surface area contributed by atoms with Crippen LogP contribution in [0.25, 0.3) is 0 Å². The SMILES string of the molecule is Cc1ccccc1C(=O)NCC1=CCCN(Cc2cccc(C#N)c2)C1. The first-order valence-electron chi connectivity index (χ1n) is 8.89. The summed E-state index contributed by atoms with van der Waals surface area (Å²) in [7, 11) is 0. The number of carbonyl (C=O) groups excluding carboxylic acids is 1. The maximum Gasteiger partial charge on any atom is 0.251 e. The zero-order chi connectivity index (χ0) is 18.4. The second-order valence-corrected chi connectivity index (χ2v) is 6.67. The van der Waals surface area contributed by atoms with Crippen molar-refractivity contribution >= 4 is 5.91 Å². The molecule has 0 radical (unpaired) electrons. The van der Waals surface area contributed by atoms with Crippen molar-refractivity contribution in [2.24, 2.45) is 0 Å². The van der Waals surface area contributed by atoms with Gasteiger partial charge in [-0.25, -0.2) is 0 Å². The quantitative estimate of drug-likeness (QED) is 0.845. The molecule has 132 valence electrons. The minimum Gasteiger partial charge on any atom is -0.348 e. The Morgan fingerprint density at radius 2 is 2.08 bits per heavy atom. The summed E-state index contributed by atoms with van der Waals surface area (Å²) < 4.78 is 0. The summed E-state index contributed by atoms with van der Waals surface area (Å²) in [5.41, 5.74) is 4.79. The lowest BCUT2D eigenvalue weighted by Gasteiger charge is -2.27. The lowest BCUT2D eigenvalue weighted by Crippen LogP contribution is -2.34. The van der Waals surface area contributed by atoms with Crippen molar-refractivity contribution in [2.75, 3.05) is 19.6 Å². The highest BCUT2D eigenvalue weighted by Crippen LogP contribution is 2.14. The van der Waals surface area contributed by atoms with Crippen LogP contribution in [-0.2, 0) is 6.54 Å². The van der Waals surface area contributed by atoms with Gasteiger partial charge in [-0.1, -0.05) is 36.4 Å². The van der Waals surface area contributed by atoms with E-state index < -0.39 is 0 Å². The molecule has 4 heteroatoms. The highest BCUT2D eigenvalue weighted by molar-refractivity contribution is 5.95. The highest BCUT2D eigenvalue weighted by atomic mass is 16.1. The first-order valence-corrected chi connectivity index (χ1v) is 8.89. The summed E-state index contributed by atoms with van der Waals surface area (Å²) in [6.45, 7) is 5.17. The number of hydrogen-bond acceptors (Lipinski definition) is 3. The van der Waals surface area contributed by atoms with Gasteiger partial charge >= 0.3 is 0 Å². The minimum atomic E-state index is -0.0251. The van der Waals surface area contributed by atoms with Crippen molar-refractivity contribution in [3.8, 4) is 6.07 Å². The molecule has 1 heterocycles. The number of benzene rings is 2.